The van der Waals surface area contributed by atoms with Gasteiger partial charge in [0, 0.05) is 6.20 Å². The summed E-state index contributed by atoms with van der Waals surface area (Å²) in [5.41, 5.74) is 3.45. The molecular formula is C16H17N4O5S+. The van der Waals surface area contributed by atoms with Crippen LogP contribution in [0.3, 0.4) is 0 Å². The van der Waals surface area contributed by atoms with E-state index in [9.17, 15) is 15.2 Å². The monoisotopic (exact) mass is 377 g/mol. The molecule has 9 nitrogen and oxygen atoms in total. The van der Waals surface area contributed by atoms with Crippen LogP contribution in [0.1, 0.15) is 21.4 Å². The van der Waals surface area contributed by atoms with Crippen molar-refractivity contribution in [1.29, 1.82) is 0 Å². The number of aromatic carboxylic acids is 1. The highest BCUT2D eigenvalue weighted by Crippen LogP contribution is 2.36. The number of quaternary nitrogens is 1. The van der Waals surface area contributed by atoms with Gasteiger partial charge in [-0.05, 0) is 30.3 Å². The van der Waals surface area contributed by atoms with Gasteiger partial charge in [0.1, 0.15) is 16.8 Å². The quantitative estimate of drug-likeness (QED) is 0.381. The van der Waals surface area contributed by atoms with Crippen LogP contribution in [0.4, 0.5) is 5.69 Å². The summed E-state index contributed by atoms with van der Waals surface area (Å²) in [4.78, 5) is 13.6. The molecule has 0 radical (unpaired) electrons. The molecule has 1 aromatic carbocycles. The van der Waals surface area contributed by atoms with Gasteiger partial charge in [0.15, 0.2) is 0 Å². The summed E-state index contributed by atoms with van der Waals surface area (Å²) in [6.07, 6.45) is 1.66. The minimum Gasteiger partial charge on any atom is -0.494 e. The minimum absolute atomic E-state index is 0.0189. The van der Waals surface area contributed by atoms with E-state index in [1.165, 1.54) is 37.1 Å². The van der Waals surface area contributed by atoms with E-state index in [2.05, 4.69) is 15.7 Å². The molecule has 2 heterocycles. The molecule has 0 saturated heterocycles. The molecule has 0 spiro atoms. The molecule has 0 bridgehead atoms. The summed E-state index contributed by atoms with van der Waals surface area (Å²) in [6, 6.07) is 9.47. The van der Waals surface area contributed by atoms with Crippen molar-refractivity contribution in [1.82, 2.24) is 10.3 Å². The third-order valence-electron chi connectivity index (χ3n) is 3.61. The number of hydrogen-bond acceptors (Lipinski definition) is 8. The zero-order chi connectivity index (χ0) is 18.7. The molecule has 2 aromatic rings. The van der Waals surface area contributed by atoms with Crippen molar-refractivity contribution in [2.75, 3.05) is 12.5 Å². The third kappa shape index (κ3) is 3.73. The number of carboxylic acids is 1. The fourth-order valence-corrected chi connectivity index (χ4v) is 3.27. The first-order valence-electron chi connectivity index (χ1n) is 7.48. The number of rotatable bonds is 6. The molecule has 0 fully saturated rings. The van der Waals surface area contributed by atoms with Gasteiger partial charge in [-0.25, -0.2) is 4.79 Å². The van der Waals surface area contributed by atoms with Gasteiger partial charge in [-0.15, -0.1) is 10.4 Å². The van der Waals surface area contributed by atoms with E-state index in [-0.39, 0.29) is 28.2 Å². The molecule has 1 aliphatic rings. The lowest BCUT2D eigenvalue weighted by Gasteiger charge is -2.23. The summed E-state index contributed by atoms with van der Waals surface area (Å²) in [5.74, 6) is -0.878. The number of carboxylic acid groups (broad SMARTS) is 1. The molecule has 3 rings (SSSR count). The van der Waals surface area contributed by atoms with Crippen molar-refractivity contribution in [2.24, 2.45) is 0 Å². The zero-order valence-corrected chi connectivity index (χ0v) is 14.5. The van der Waals surface area contributed by atoms with Crippen molar-refractivity contribution in [3.05, 3.63) is 65.1 Å². The van der Waals surface area contributed by atoms with Crippen LogP contribution in [0.2, 0.25) is 0 Å². The molecule has 1 aromatic heterocycles. The summed E-state index contributed by atoms with van der Waals surface area (Å²) in [5, 5.41) is 34.1. The Morgan fingerprint density at radius 2 is 2.15 bits per heavy atom. The number of thioether (sulfide) groups is 1. The Balaban J connectivity index is 1.76. The normalized spacial score (nSPS) is 16.6. The second-order valence-corrected chi connectivity index (χ2v) is 6.33. The van der Waals surface area contributed by atoms with Gasteiger partial charge in [0.2, 0.25) is 0 Å². The lowest BCUT2D eigenvalue weighted by Crippen LogP contribution is -2.49. The van der Waals surface area contributed by atoms with Crippen LogP contribution < -0.4 is 15.5 Å². The van der Waals surface area contributed by atoms with E-state index in [1.54, 1.807) is 17.7 Å². The van der Waals surface area contributed by atoms with Crippen molar-refractivity contribution < 1.29 is 30.0 Å². The molecule has 0 amide bonds. The number of nitrogens with one attached hydrogen (secondary N) is 2. The smallest absolute Gasteiger partial charge is 0.335 e. The van der Waals surface area contributed by atoms with E-state index in [0.717, 1.165) is 5.69 Å². The van der Waals surface area contributed by atoms with Gasteiger partial charge in [-0.3, -0.25) is 4.98 Å². The lowest BCUT2D eigenvalue weighted by atomic mass is 10.2. The van der Waals surface area contributed by atoms with Gasteiger partial charge in [-0.1, -0.05) is 17.8 Å². The number of benzene rings is 1. The maximum atomic E-state index is 11.0. The number of hydroxylamine groups is 2. The van der Waals surface area contributed by atoms with Crippen LogP contribution in [-0.4, -0.2) is 38.5 Å². The number of methoxy groups -OCH3 is 1. The highest BCUT2D eigenvalue weighted by molar-refractivity contribution is 8.02. The van der Waals surface area contributed by atoms with E-state index in [0.29, 0.717) is 0 Å². The highest BCUT2D eigenvalue weighted by Gasteiger charge is 2.38. The SMILES string of the molecule is COc1cc(C(=O)O)ccc1N[N+](O)(O)C1=CSC(c2ccccn2)N1. The molecule has 1 aliphatic heterocycles. The third-order valence-corrected chi connectivity index (χ3v) is 4.60. The highest BCUT2D eigenvalue weighted by atomic mass is 32.2. The molecule has 1 unspecified atom stereocenters. The Bertz CT molecular complexity index is 844. The molecule has 0 aliphatic carbocycles. The van der Waals surface area contributed by atoms with Gasteiger partial charge < -0.3 is 15.2 Å². The van der Waals surface area contributed by atoms with Gasteiger partial charge in [0.05, 0.1) is 28.7 Å². The molecule has 136 valence electrons. The second-order valence-electron chi connectivity index (χ2n) is 5.35. The van der Waals surface area contributed by atoms with Crippen molar-refractivity contribution >= 4 is 23.4 Å². The molecule has 10 heteroatoms. The fourth-order valence-electron chi connectivity index (χ4n) is 2.32. The number of hydrogen-bond donors (Lipinski definition) is 5. The molecule has 26 heavy (non-hydrogen) atoms. The van der Waals surface area contributed by atoms with Crippen LogP contribution in [0, 0.1) is 0 Å². The fraction of sp³-hybridized carbons (Fsp3) is 0.125. The lowest BCUT2D eigenvalue weighted by molar-refractivity contribution is -1.21. The number of nitrogens with zero attached hydrogens (tertiary/aromatic N) is 2. The zero-order valence-electron chi connectivity index (χ0n) is 13.7. The number of ether oxygens (including phenoxy) is 1. The Morgan fingerprint density at radius 1 is 1.35 bits per heavy atom. The van der Waals surface area contributed by atoms with Gasteiger partial charge >= 0.3 is 11.8 Å². The Kier molecular flexibility index (Phi) is 5.00. The van der Waals surface area contributed by atoms with Crippen molar-refractivity contribution in [3.8, 4) is 5.75 Å². The molecule has 0 saturated carbocycles. The Labute approximate surface area is 153 Å². The number of pyridine rings is 1. The predicted molar refractivity (Wildman–Crippen MR) is 93.2 cm³/mol. The maximum Gasteiger partial charge on any atom is 0.335 e. The predicted octanol–water partition coefficient (Wildman–Crippen LogP) is 2.54. The van der Waals surface area contributed by atoms with Crippen LogP contribution in [0.15, 0.2) is 53.8 Å². The molecule has 5 N–H and O–H groups in total. The summed E-state index contributed by atoms with van der Waals surface area (Å²) < 4.78 is 5.12. The van der Waals surface area contributed by atoms with Crippen LogP contribution in [0.5, 0.6) is 5.75 Å². The standard InChI is InChI=1S/C16H16N4O5S/c1-25-13-8-10(16(21)22)5-6-11(13)19-20(23,24)14-9-26-15(18-14)12-4-2-3-7-17-12/h2-9,15,18-19,23-24H,1H3/p+1. The first-order valence-corrected chi connectivity index (χ1v) is 8.43. The average Bonchev–Trinajstić information content (AvgIpc) is 3.13. The largest absolute Gasteiger partial charge is 0.494 e. The maximum absolute atomic E-state index is 11.0. The van der Waals surface area contributed by atoms with E-state index in [1.807, 2.05) is 12.1 Å². The molecular weight excluding hydrogens is 360 g/mol. The van der Waals surface area contributed by atoms with E-state index >= 15 is 0 Å². The topological polar surface area (TPSA) is 124 Å². The van der Waals surface area contributed by atoms with E-state index < -0.39 is 10.9 Å². The second kappa shape index (κ2) is 7.22. The summed E-state index contributed by atoms with van der Waals surface area (Å²) in [7, 11) is 1.36. The number of anilines is 1. The van der Waals surface area contributed by atoms with Crippen LogP contribution in [-0.2, 0) is 0 Å². The van der Waals surface area contributed by atoms with Crippen molar-refractivity contribution in [3.63, 3.8) is 0 Å². The van der Waals surface area contributed by atoms with Crippen molar-refractivity contribution in [2.45, 2.75) is 5.37 Å². The van der Waals surface area contributed by atoms with Gasteiger partial charge in [0.25, 0.3) is 0 Å². The van der Waals surface area contributed by atoms with Gasteiger partial charge in [-0.2, -0.15) is 5.43 Å². The van der Waals surface area contributed by atoms with E-state index in [4.69, 9.17) is 9.84 Å². The first kappa shape index (κ1) is 18.0. The number of aromatic nitrogens is 1. The first-order chi connectivity index (χ1) is 12.4. The molecule has 1 atom stereocenters. The Morgan fingerprint density at radius 3 is 2.81 bits per heavy atom. The minimum atomic E-state index is -1.67. The summed E-state index contributed by atoms with van der Waals surface area (Å²) >= 11 is 1.34. The average molecular weight is 377 g/mol. The Hall–Kier alpha value is -2.79. The van der Waals surface area contributed by atoms with Crippen LogP contribution in [0.25, 0.3) is 0 Å². The number of carbonyl (C=O) groups is 1. The van der Waals surface area contributed by atoms with Crippen LogP contribution >= 0.6 is 11.8 Å². The summed E-state index contributed by atoms with van der Waals surface area (Å²) in [6.45, 7) is 0.